The van der Waals surface area contributed by atoms with Crippen molar-refractivity contribution in [3.8, 4) is 17.2 Å². The van der Waals surface area contributed by atoms with E-state index >= 15 is 0 Å². The van der Waals surface area contributed by atoms with Crippen molar-refractivity contribution in [1.82, 2.24) is 4.57 Å². The third-order valence-electron chi connectivity index (χ3n) is 5.68. The first kappa shape index (κ1) is 15.6. The molecule has 1 aromatic heterocycles. The molecule has 0 radical (unpaired) electrons. The van der Waals surface area contributed by atoms with Crippen molar-refractivity contribution >= 4 is 10.9 Å². The van der Waals surface area contributed by atoms with Crippen LogP contribution in [0.2, 0.25) is 0 Å². The number of methoxy groups -OCH3 is 1. The van der Waals surface area contributed by atoms with Gasteiger partial charge in [0.1, 0.15) is 0 Å². The molecule has 5 nitrogen and oxygen atoms in total. The van der Waals surface area contributed by atoms with Crippen molar-refractivity contribution < 1.29 is 19.1 Å². The predicted octanol–water partition coefficient (Wildman–Crippen LogP) is 2.30. The van der Waals surface area contributed by atoms with E-state index in [9.17, 15) is 0 Å². The molecule has 0 spiro atoms. The summed E-state index contributed by atoms with van der Waals surface area (Å²) in [6.07, 6.45) is 1.14. The molecule has 5 heteroatoms. The molecule has 2 aliphatic rings. The summed E-state index contributed by atoms with van der Waals surface area (Å²) in [6.45, 7) is 3.50. The highest BCUT2D eigenvalue weighted by Crippen LogP contribution is 2.48. The van der Waals surface area contributed by atoms with Crippen LogP contribution < -0.4 is 19.1 Å². The van der Waals surface area contributed by atoms with Crippen LogP contribution in [0.25, 0.3) is 10.9 Å². The standard InChI is InChI=1S/C21H22N2O3/c1-13-10-14-6-4-5-7-16(14)23(13)21-18-15(8-9-22(21)2)11-17-19(20(18)24-3)26-12-25-17/h4-7,10-11,21H,8-9,12H2,1-3H3/p+1/t21-/m0/s1. The lowest BCUT2D eigenvalue weighted by molar-refractivity contribution is -0.918. The number of hydrogen-bond acceptors (Lipinski definition) is 3. The highest BCUT2D eigenvalue weighted by Gasteiger charge is 2.38. The van der Waals surface area contributed by atoms with Crippen LogP contribution in [0, 0.1) is 6.92 Å². The SMILES string of the molecule is COc1c2c(cc3c1[C@H](n1c(C)cc4ccccc41)[NH+](C)CC3)OCO2. The summed E-state index contributed by atoms with van der Waals surface area (Å²) in [5.41, 5.74) is 5.01. The molecule has 2 atom stereocenters. The summed E-state index contributed by atoms with van der Waals surface area (Å²) >= 11 is 0. The second kappa shape index (κ2) is 5.68. The van der Waals surface area contributed by atoms with Gasteiger partial charge in [-0.15, -0.1) is 0 Å². The van der Waals surface area contributed by atoms with Crippen LogP contribution in [-0.2, 0) is 6.42 Å². The maximum Gasteiger partial charge on any atom is 0.231 e. The zero-order valence-electron chi connectivity index (χ0n) is 15.3. The number of fused-ring (bicyclic) bond motifs is 3. The fraction of sp³-hybridized carbons (Fsp3) is 0.333. The van der Waals surface area contributed by atoms with Gasteiger partial charge in [0.2, 0.25) is 12.5 Å². The third-order valence-corrected chi connectivity index (χ3v) is 5.68. The largest absolute Gasteiger partial charge is 0.492 e. The van der Waals surface area contributed by atoms with E-state index in [1.807, 2.05) is 0 Å². The van der Waals surface area contributed by atoms with E-state index in [0.29, 0.717) is 0 Å². The fourth-order valence-electron chi connectivity index (χ4n) is 4.51. The Morgan fingerprint density at radius 1 is 1.19 bits per heavy atom. The zero-order chi connectivity index (χ0) is 17.8. The van der Waals surface area contributed by atoms with E-state index in [4.69, 9.17) is 14.2 Å². The number of quaternary nitrogens is 1. The Labute approximate surface area is 152 Å². The Hall–Kier alpha value is -2.66. The second-order valence-corrected chi connectivity index (χ2v) is 7.18. The van der Waals surface area contributed by atoms with Gasteiger partial charge in [-0.1, -0.05) is 18.2 Å². The van der Waals surface area contributed by atoms with Gasteiger partial charge in [-0.3, -0.25) is 4.57 Å². The first-order valence-corrected chi connectivity index (χ1v) is 9.07. The smallest absolute Gasteiger partial charge is 0.231 e. The van der Waals surface area contributed by atoms with Gasteiger partial charge in [-0.25, -0.2) is 0 Å². The van der Waals surface area contributed by atoms with Crippen LogP contribution in [0.4, 0.5) is 0 Å². The molecule has 26 heavy (non-hydrogen) atoms. The van der Waals surface area contributed by atoms with E-state index in [2.05, 4.69) is 54.9 Å². The molecule has 0 saturated heterocycles. The van der Waals surface area contributed by atoms with Crippen LogP contribution in [0.3, 0.4) is 0 Å². The minimum atomic E-state index is 0.142. The van der Waals surface area contributed by atoms with Crippen molar-refractivity contribution in [2.24, 2.45) is 0 Å². The molecule has 3 aromatic rings. The average Bonchev–Trinajstić information content (AvgIpc) is 3.23. The van der Waals surface area contributed by atoms with E-state index in [1.54, 1.807) is 7.11 Å². The topological polar surface area (TPSA) is 37.1 Å². The molecule has 0 amide bonds. The average molecular weight is 351 g/mol. The van der Waals surface area contributed by atoms with E-state index < -0.39 is 0 Å². The minimum Gasteiger partial charge on any atom is -0.492 e. The molecule has 1 N–H and O–H groups in total. The molecule has 0 saturated carbocycles. The third kappa shape index (κ3) is 2.07. The van der Waals surface area contributed by atoms with Crippen molar-refractivity contribution in [3.63, 3.8) is 0 Å². The molecule has 5 rings (SSSR count). The van der Waals surface area contributed by atoms with Gasteiger partial charge < -0.3 is 19.1 Å². The summed E-state index contributed by atoms with van der Waals surface area (Å²) < 4.78 is 19.7. The first-order valence-electron chi connectivity index (χ1n) is 9.07. The summed E-state index contributed by atoms with van der Waals surface area (Å²) in [7, 11) is 3.98. The molecule has 2 aliphatic heterocycles. The summed E-state index contributed by atoms with van der Waals surface area (Å²) in [5.74, 6) is 2.35. The maximum atomic E-state index is 5.85. The predicted molar refractivity (Wildman–Crippen MR) is 99.4 cm³/mol. The second-order valence-electron chi connectivity index (χ2n) is 7.18. The molecule has 134 valence electrons. The van der Waals surface area contributed by atoms with Gasteiger partial charge in [0.25, 0.3) is 0 Å². The molecule has 0 fully saturated rings. The van der Waals surface area contributed by atoms with Gasteiger partial charge in [0.05, 0.1) is 31.8 Å². The number of hydrogen-bond donors (Lipinski definition) is 1. The summed E-state index contributed by atoms with van der Waals surface area (Å²) in [4.78, 5) is 1.44. The Morgan fingerprint density at radius 2 is 2.04 bits per heavy atom. The number of aromatic nitrogens is 1. The molecule has 0 bridgehead atoms. The molecular formula is C21H23N2O3+. The summed E-state index contributed by atoms with van der Waals surface area (Å²) in [6, 6.07) is 13.0. The van der Waals surface area contributed by atoms with Crippen molar-refractivity contribution in [2.45, 2.75) is 19.5 Å². The molecule has 0 aliphatic carbocycles. The Balaban J connectivity index is 1.80. The Kier molecular flexibility index (Phi) is 3.40. The van der Waals surface area contributed by atoms with Gasteiger partial charge in [0, 0.05) is 17.5 Å². The van der Waals surface area contributed by atoms with Crippen LogP contribution in [0.15, 0.2) is 36.4 Å². The number of likely N-dealkylation sites (N-methyl/N-ethyl adjacent to an activating group) is 1. The van der Waals surface area contributed by atoms with Crippen LogP contribution >= 0.6 is 0 Å². The lowest BCUT2D eigenvalue weighted by atomic mass is 9.94. The van der Waals surface area contributed by atoms with Gasteiger partial charge >= 0.3 is 0 Å². The Morgan fingerprint density at radius 3 is 2.88 bits per heavy atom. The number of para-hydroxylation sites is 1. The van der Waals surface area contributed by atoms with Gasteiger partial charge in [-0.2, -0.15) is 0 Å². The zero-order valence-corrected chi connectivity index (χ0v) is 15.3. The quantitative estimate of drug-likeness (QED) is 0.770. The number of rotatable bonds is 2. The van der Waals surface area contributed by atoms with Crippen LogP contribution in [0.5, 0.6) is 17.2 Å². The lowest BCUT2D eigenvalue weighted by Crippen LogP contribution is -3.11. The monoisotopic (exact) mass is 351 g/mol. The van der Waals surface area contributed by atoms with E-state index in [0.717, 1.165) is 30.2 Å². The lowest BCUT2D eigenvalue weighted by Gasteiger charge is -2.34. The number of ether oxygens (including phenoxy) is 3. The number of nitrogens with zero attached hydrogens (tertiary/aromatic N) is 1. The molecule has 1 unspecified atom stereocenters. The molecular weight excluding hydrogens is 328 g/mol. The van der Waals surface area contributed by atoms with Crippen molar-refractivity contribution in [3.05, 3.63) is 53.2 Å². The minimum absolute atomic E-state index is 0.142. The normalized spacial score (nSPS) is 21.0. The van der Waals surface area contributed by atoms with E-state index in [1.165, 1.54) is 32.6 Å². The van der Waals surface area contributed by atoms with Crippen molar-refractivity contribution in [1.29, 1.82) is 0 Å². The number of aryl methyl sites for hydroxylation is 1. The van der Waals surface area contributed by atoms with E-state index in [-0.39, 0.29) is 13.0 Å². The van der Waals surface area contributed by atoms with Crippen LogP contribution in [-0.4, -0.2) is 32.1 Å². The molecule has 2 aromatic carbocycles. The summed E-state index contributed by atoms with van der Waals surface area (Å²) in [5, 5.41) is 1.27. The van der Waals surface area contributed by atoms with Crippen LogP contribution in [0.1, 0.15) is 23.0 Å². The number of nitrogens with one attached hydrogen (secondary N) is 1. The van der Waals surface area contributed by atoms with Gasteiger partial charge in [0.15, 0.2) is 17.7 Å². The fourth-order valence-corrected chi connectivity index (χ4v) is 4.51. The first-order chi connectivity index (χ1) is 12.7. The van der Waals surface area contributed by atoms with Crippen molar-refractivity contribution in [2.75, 3.05) is 27.5 Å². The maximum absolute atomic E-state index is 5.85. The highest BCUT2D eigenvalue weighted by atomic mass is 16.7. The highest BCUT2D eigenvalue weighted by molar-refractivity contribution is 5.81. The number of benzene rings is 2. The Bertz CT molecular complexity index is 1010. The molecule has 3 heterocycles. The van der Waals surface area contributed by atoms with Gasteiger partial charge in [-0.05, 0) is 30.7 Å².